The van der Waals surface area contributed by atoms with Crippen LogP contribution in [-0.4, -0.2) is 43.2 Å². The van der Waals surface area contributed by atoms with E-state index < -0.39 is 6.03 Å². The van der Waals surface area contributed by atoms with E-state index >= 15 is 0 Å². The minimum atomic E-state index is -0.744. The Labute approximate surface area is 176 Å². The molecule has 0 aromatic heterocycles. The molecule has 160 valence electrons. The van der Waals surface area contributed by atoms with E-state index in [1.165, 1.54) is 5.56 Å². The predicted molar refractivity (Wildman–Crippen MR) is 113 cm³/mol. The highest BCUT2D eigenvalue weighted by Crippen LogP contribution is 2.49. The highest BCUT2D eigenvalue weighted by molar-refractivity contribution is 6.24. The number of benzene rings is 1. The molecule has 1 aromatic rings. The predicted octanol–water partition coefficient (Wildman–Crippen LogP) is 2.67. The fraction of sp³-hybridized carbons (Fsp3) is 0.500. The number of nitrogens with zero attached hydrogens (tertiary/aromatic N) is 2. The van der Waals surface area contributed by atoms with Crippen LogP contribution >= 0.6 is 0 Å². The fourth-order valence-corrected chi connectivity index (χ4v) is 4.94. The Bertz CT molecular complexity index is 980. The number of hydrazone groups is 1. The molecule has 0 saturated heterocycles. The van der Waals surface area contributed by atoms with Crippen molar-refractivity contribution >= 4 is 17.5 Å². The molecule has 3 N–H and O–H groups in total. The summed E-state index contributed by atoms with van der Waals surface area (Å²) in [5, 5.41) is 4.24. The number of carbonyl (C=O) groups excluding carboxylic acids is 2. The van der Waals surface area contributed by atoms with Gasteiger partial charge in [-0.25, -0.2) is 10.2 Å². The topological polar surface area (TPSA) is 106 Å². The van der Waals surface area contributed by atoms with Gasteiger partial charge >= 0.3 is 6.03 Å². The number of urea groups is 1. The summed E-state index contributed by atoms with van der Waals surface area (Å²) >= 11 is 0. The number of primary amides is 1. The van der Waals surface area contributed by atoms with E-state index in [1.807, 2.05) is 12.1 Å². The molecule has 3 aliphatic rings. The fourth-order valence-electron chi connectivity index (χ4n) is 4.94. The molecule has 4 rings (SSSR count). The molecule has 8 heteroatoms. The summed E-state index contributed by atoms with van der Waals surface area (Å²) in [6.07, 6.45) is 2.60. The van der Waals surface area contributed by atoms with Gasteiger partial charge in [0.25, 0.3) is 0 Å². The molecule has 1 aliphatic carbocycles. The number of nitrogens with two attached hydrogens (primary N) is 1. The lowest BCUT2D eigenvalue weighted by Gasteiger charge is -2.48. The van der Waals surface area contributed by atoms with Crippen molar-refractivity contribution in [2.45, 2.75) is 45.6 Å². The van der Waals surface area contributed by atoms with Crippen LogP contribution in [0.4, 0.5) is 4.79 Å². The number of amides is 2. The second-order valence-electron chi connectivity index (χ2n) is 8.87. The monoisotopic (exact) mass is 412 g/mol. The van der Waals surface area contributed by atoms with E-state index in [0.29, 0.717) is 35.6 Å². The lowest BCUT2D eigenvalue weighted by atomic mass is 9.71. The van der Waals surface area contributed by atoms with Gasteiger partial charge in [-0.15, -0.1) is 0 Å². The van der Waals surface area contributed by atoms with Crippen LogP contribution in [0.3, 0.4) is 0 Å². The number of methoxy groups -OCH3 is 2. The Kier molecular flexibility index (Phi) is 4.95. The normalized spacial score (nSPS) is 23.5. The third kappa shape index (κ3) is 3.40. The van der Waals surface area contributed by atoms with Crippen molar-refractivity contribution in [3.05, 3.63) is 34.5 Å². The molecule has 0 fully saturated rings. The molecule has 8 nitrogen and oxygen atoms in total. The van der Waals surface area contributed by atoms with Gasteiger partial charge in [0.15, 0.2) is 17.3 Å². The molecule has 2 amide bonds. The molecule has 2 aliphatic heterocycles. The van der Waals surface area contributed by atoms with Crippen molar-refractivity contribution in [1.29, 1.82) is 0 Å². The molecule has 2 heterocycles. The third-order valence-electron chi connectivity index (χ3n) is 6.18. The van der Waals surface area contributed by atoms with E-state index in [0.717, 1.165) is 30.6 Å². The number of carbonyl (C=O) groups is 2. The third-order valence-corrected chi connectivity index (χ3v) is 6.18. The van der Waals surface area contributed by atoms with E-state index in [4.69, 9.17) is 15.2 Å². The zero-order valence-corrected chi connectivity index (χ0v) is 17.9. The number of rotatable bonds is 3. The van der Waals surface area contributed by atoms with Crippen LogP contribution in [-0.2, 0) is 11.2 Å². The van der Waals surface area contributed by atoms with Crippen LogP contribution in [0, 0.1) is 5.41 Å². The van der Waals surface area contributed by atoms with Crippen LogP contribution in [0.1, 0.15) is 50.3 Å². The number of nitrogens with one attached hydrogen (secondary N) is 1. The first kappa shape index (κ1) is 20.3. The van der Waals surface area contributed by atoms with Gasteiger partial charge in [0.2, 0.25) is 0 Å². The standard InChI is InChI=1S/C22H28N4O4/c1-22(2)10-16-20(17(27)11-22)14(24-25-21(23)28)9-15-13-8-19(30-4)18(29-3)7-12(13)5-6-26(15)16/h7-8,15H,5-6,9-11H2,1-4H3,(H3,23,25,28)/b24-14-/t15-/m1/s1. The van der Waals surface area contributed by atoms with Crippen LogP contribution in [0.25, 0.3) is 0 Å². The maximum atomic E-state index is 13.1. The summed E-state index contributed by atoms with van der Waals surface area (Å²) in [7, 11) is 3.26. The molecular weight excluding hydrogens is 384 g/mol. The SMILES string of the molecule is COc1cc2c(cc1OC)[C@H]1C/C(=N/NC(N)=O)C3=C(CC(C)(C)CC3=O)N1CC2. The van der Waals surface area contributed by atoms with Gasteiger partial charge in [-0.2, -0.15) is 5.10 Å². The van der Waals surface area contributed by atoms with Gasteiger partial charge in [0, 0.05) is 25.1 Å². The van der Waals surface area contributed by atoms with Crippen molar-refractivity contribution < 1.29 is 19.1 Å². The molecular formula is C22H28N4O4. The van der Waals surface area contributed by atoms with Gasteiger partial charge in [-0.1, -0.05) is 13.8 Å². The summed E-state index contributed by atoms with van der Waals surface area (Å²) in [5.41, 5.74) is 12.0. The Balaban J connectivity index is 1.85. The lowest BCUT2D eigenvalue weighted by Crippen LogP contribution is -2.46. The molecule has 30 heavy (non-hydrogen) atoms. The largest absolute Gasteiger partial charge is 0.493 e. The number of Topliss-reactive ketones (excluding diaryl/α,β-unsaturated/α-hetero) is 1. The van der Waals surface area contributed by atoms with Crippen LogP contribution in [0.2, 0.25) is 0 Å². The highest BCUT2D eigenvalue weighted by atomic mass is 16.5. The second-order valence-corrected chi connectivity index (χ2v) is 8.87. The van der Waals surface area contributed by atoms with Crippen molar-refractivity contribution in [2.75, 3.05) is 20.8 Å². The van der Waals surface area contributed by atoms with Gasteiger partial charge in [0.1, 0.15) is 0 Å². The number of allylic oxidation sites excluding steroid dienone is 2. The zero-order valence-electron chi connectivity index (χ0n) is 17.9. The molecule has 0 radical (unpaired) electrons. The van der Waals surface area contributed by atoms with Crippen molar-refractivity contribution in [1.82, 2.24) is 10.3 Å². The van der Waals surface area contributed by atoms with Gasteiger partial charge < -0.3 is 20.1 Å². The quantitative estimate of drug-likeness (QED) is 0.743. The van der Waals surface area contributed by atoms with E-state index in [2.05, 4.69) is 29.3 Å². The Morgan fingerprint density at radius 3 is 2.60 bits per heavy atom. The Morgan fingerprint density at radius 1 is 1.23 bits per heavy atom. The van der Waals surface area contributed by atoms with Gasteiger partial charge in [0.05, 0.1) is 31.5 Å². The van der Waals surface area contributed by atoms with Crippen LogP contribution < -0.4 is 20.6 Å². The average Bonchev–Trinajstić information content (AvgIpc) is 2.69. The maximum Gasteiger partial charge on any atom is 0.332 e. The van der Waals surface area contributed by atoms with Gasteiger partial charge in [-0.3, -0.25) is 4.79 Å². The van der Waals surface area contributed by atoms with E-state index in [9.17, 15) is 9.59 Å². The first-order valence-electron chi connectivity index (χ1n) is 10.1. The second kappa shape index (κ2) is 7.34. The maximum absolute atomic E-state index is 13.1. The number of fused-ring (bicyclic) bond motifs is 4. The average molecular weight is 412 g/mol. The molecule has 0 spiro atoms. The molecule has 1 aromatic carbocycles. The zero-order chi connectivity index (χ0) is 21.6. The Hall–Kier alpha value is -3.03. The molecule has 0 bridgehead atoms. The van der Waals surface area contributed by atoms with Gasteiger partial charge in [-0.05, 0) is 41.5 Å². The first-order chi connectivity index (χ1) is 14.2. The minimum Gasteiger partial charge on any atom is -0.493 e. The van der Waals surface area contributed by atoms with Crippen LogP contribution in [0.15, 0.2) is 28.5 Å². The number of hydrogen-bond acceptors (Lipinski definition) is 6. The molecule has 0 saturated carbocycles. The summed E-state index contributed by atoms with van der Waals surface area (Å²) in [4.78, 5) is 26.7. The summed E-state index contributed by atoms with van der Waals surface area (Å²) in [6.45, 7) is 5.04. The number of ketones is 1. The summed E-state index contributed by atoms with van der Waals surface area (Å²) in [6, 6.07) is 3.31. The number of ether oxygens (including phenoxy) is 2. The molecule has 1 atom stereocenters. The lowest BCUT2D eigenvalue weighted by molar-refractivity contribution is -0.118. The van der Waals surface area contributed by atoms with Crippen molar-refractivity contribution in [3.8, 4) is 11.5 Å². The van der Waals surface area contributed by atoms with Crippen molar-refractivity contribution in [3.63, 3.8) is 0 Å². The Morgan fingerprint density at radius 2 is 1.93 bits per heavy atom. The summed E-state index contributed by atoms with van der Waals surface area (Å²) in [5.74, 6) is 1.45. The van der Waals surface area contributed by atoms with E-state index in [1.54, 1.807) is 14.2 Å². The highest BCUT2D eigenvalue weighted by Gasteiger charge is 2.44. The van der Waals surface area contributed by atoms with Crippen molar-refractivity contribution in [2.24, 2.45) is 16.3 Å². The number of hydrogen-bond donors (Lipinski definition) is 2. The summed E-state index contributed by atoms with van der Waals surface area (Å²) < 4.78 is 11.0. The van der Waals surface area contributed by atoms with Crippen LogP contribution in [0.5, 0.6) is 11.5 Å². The minimum absolute atomic E-state index is 0.00225. The first-order valence-corrected chi connectivity index (χ1v) is 10.1. The molecule has 0 unspecified atom stereocenters. The smallest absolute Gasteiger partial charge is 0.332 e. The van der Waals surface area contributed by atoms with E-state index in [-0.39, 0.29) is 17.2 Å².